The van der Waals surface area contributed by atoms with E-state index in [4.69, 9.17) is 20.1 Å². The molecule has 0 aromatic carbocycles. The van der Waals surface area contributed by atoms with E-state index in [9.17, 15) is 33.9 Å². The van der Waals surface area contributed by atoms with Gasteiger partial charge in [-0.05, 0) is 0 Å². The number of carboxylic acids is 2. The molecule has 0 aliphatic carbocycles. The summed E-state index contributed by atoms with van der Waals surface area (Å²) in [6.45, 7) is -0.447. The van der Waals surface area contributed by atoms with E-state index < -0.39 is 76.6 Å². The van der Waals surface area contributed by atoms with Crippen molar-refractivity contribution < 1.29 is 48.2 Å². The third-order valence-electron chi connectivity index (χ3n) is 4.66. The van der Waals surface area contributed by atoms with Crippen LogP contribution in [-0.4, -0.2) is 80.7 Å². The van der Waals surface area contributed by atoms with Gasteiger partial charge in [0.15, 0.2) is 11.3 Å². The van der Waals surface area contributed by atoms with E-state index in [1.807, 2.05) is 5.16 Å². The van der Waals surface area contributed by atoms with Gasteiger partial charge in [-0.1, -0.05) is 0 Å². The number of aromatic carboxylic acids is 1. The molecule has 2 aliphatic heterocycles. The van der Waals surface area contributed by atoms with Crippen LogP contribution < -0.4 is 16.6 Å². The standard InChI is InChI=1S/C16H16N4O11S/c1-29-16(18-7(21)2-6-8(11(23)24)10(22)19-31-6)13(27)20-9(12(25)26)5(3-30-15(17)28)4-32-14(16)20/h14H,2-4H2,1H3,(H2,17,28)(H,18,21)(H,19,22)(H,23,24)(H,25,26)/t14-,16+/m1/s1. The van der Waals surface area contributed by atoms with Crippen LogP contribution in [0.1, 0.15) is 16.1 Å². The third kappa shape index (κ3) is 3.69. The van der Waals surface area contributed by atoms with Crippen LogP contribution >= 0.6 is 11.8 Å². The van der Waals surface area contributed by atoms with Gasteiger partial charge in [-0.3, -0.25) is 19.3 Å². The van der Waals surface area contributed by atoms with E-state index in [0.29, 0.717) is 0 Å². The van der Waals surface area contributed by atoms with Gasteiger partial charge < -0.3 is 35.3 Å². The molecule has 0 spiro atoms. The summed E-state index contributed by atoms with van der Waals surface area (Å²) in [4.78, 5) is 71.5. The summed E-state index contributed by atoms with van der Waals surface area (Å²) in [6.07, 6.45) is -1.84. The van der Waals surface area contributed by atoms with Crippen molar-refractivity contribution in [2.45, 2.75) is 17.5 Å². The van der Waals surface area contributed by atoms with Gasteiger partial charge in [0.2, 0.25) is 5.91 Å². The molecule has 1 fully saturated rings. The molecule has 2 aliphatic rings. The van der Waals surface area contributed by atoms with Crippen molar-refractivity contribution in [1.29, 1.82) is 0 Å². The molecule has 0 bridgehead atoms. The second-order valence-electron chi connectivity index (χ2n) is 6.50. The SMILES string of the molecule is CO[C@@]1(NC(=O)Cc2o[nH]c(=O)c2C(=O)O)C(=O)N2C(C(=O)O)=C(COC(N)=O)CS[C@@H]21. The molecule has 2 atom stereocenters. The summed E-state index contributed by atoms with van der Waals surface area (Å²) in [7, 11) is 1.12. The maximum absolute atomic E-state index is 12.9. The summed E-state index contributed by atoms with van der Waals surface area (Å²) in [6, 6.07) is 0. The minimum atomic E-state index is -1.96. The van der Waals surface area contributed by atoms with Gasteiger partial charge >= 0.3 is 18.0 Å². The predicted octanol–water partition coefficient (Wildman–Crippen LogP) is -1.98. The highest BCUT2D eigenvalue weighted by atomic mass is 32.2. The van der Waals surface area contributed by atoms with Crippen molar-refractivity contribution in [3.05, 3.63) is 32.9 Å². The molecule has 15 nitrogen and oxygen atoms in total. The number of carbonyl (C=O) groups is 5. The van der Waals surface area contributed by atoms with Crippen LogP contribution in [0, 0.1) is 0 Å². The Morgan fingerprint density at radius 2 is 2.00 bits per heavy atom. The second-order valence-corrected chi connectivity index (χ2v) is 7.57. The van der Waals surface area contributed by atoms with Crippen LogP contribution in [-0.2, 0) is 30.3 Å². The average molecular weight is 472 g/mol. The Morgan fingerprint density at radius 3 is 2.56 bits per heavy atom. The summed E-state index contributed by atoms with van der Waals surface area (Å²) >= 11 is 1.03. The smallest absolute Gasteiger partial charge is 0.404 e. The summed E-state index contributed by atoms with van der Waals surface area (Å²) in [5.74, 6) is -5.38. The van der Waals surface area contributed by atoms with Crippen molar-refractivity contribution in [3.63, 3.8) is 0 Å². The van der Waals surface area contributed by atoms with Crippen LogP contribution in [0.5, 0.6) is 0 Å². The van der Waals surface area contributed by atoms with Crippen LogP contribution in [0.25, 0.3) is 0 Å². The molecular formula is C16H16N4O11S. The Labute approximate surface area is 181 Å². The van der Waals surface area contributed by atoms with E-state index in [0.717, 1.165) is 23.8 Å². The van der Waals surface area contributed by atoms with Crippen molar-refractivity contribution in [3.8, 4) is 0 Å². The first-order chi connectivity index (χ1) is 15.0. The van der Waals surface area contributed by atoms with Gasteiger partial charge in [-0.25, -0.2) is 14.4 Å². The molecule has 3 amide bonds. The summed E-state index contributed by atoms with van der Waals surface area (Å²) in [5.41, 5.74) is 0.799. The molecule has 1 saturated heterocycles. The van der Waals surface area contributed by atoms with Crippen molar-refractivity contribution in [2.75, 3.05) is 19.5 Å². The predicted molar refractivity (Wildman–Crippen MR) is 101 cm³/mol. The zero-order valence-corrected chi connectivity index (χ0v) is 17.0. The number of H-pyrrole nitrogens is 1. The Bertz CT molecular complexity index is 1110. The number of β-lactam (4-membered cyclic amide) rings is 1. The number of nitrogens with zero attached hydrogens (tertiary/aromatic N) is 1. The van der Waals surface area contributed by atoms with Crippen molar-refractivity contribution >= 4 is 41.6 Å². The number of aliphatic carboxylic acids is 1. The topological polar surface area (TPSA) is 232 Å². The van der Waals surface area contributed by atoms with Crippen LogP contribution in [0.15, 0.2) is 20.6 Å². The molecule has 16 heteroatoms. The van der Waals surface area contributed by atoms with Gasteiger partial charge in [-0.2, -0.15) is 5.16 Å². The van der Waals surface area contributed by atoms with Gasteiger partial charge in [-0.15, -0.1) is 11.8 Å². The zero-order chi connectivity index (χ0) is 23.8. The van der Waals surface area contributed by atoms with E-state index in [1.165, 1.54) is 0 Å². The molecule has 0 radical (unpaired) electrons. The fraction of sp³-hybridized carbons (Fsp3) is 0.375. The first-order valence-corrected chi connectivity index (χ1v) is 9.71. The molecule has 1 aromatic rings. The molecule has 3 rings (SSSR count). The number of aromatic amines is 1. The Morgan fingerprint density at radius 1 is 1.31 bits per heavy atom. The number of hydrogen-bond donors (Lipinski definition) is 5. The largest absolute Gasteiger partial charge is 0.477 e. The van der Waals surface area contributed by atoms with Gasteiger partial charge in [0.1, 0.15) is 17.7 Å². The van der Waals surface area contributed by atoms with Crippen molar-refractivity contribution in [1.82, 2.24) is 15.4 Å². The maximum Gasteiger partial charge on any atom is 0.404 e. The molecule has 1 aromatic heterocycles. The maximum atomic E-state index is 12.9. The number of hydrogen-bond acceptors (Lipinski definition) is 10. The molecule has 172 valence electrons. The van der Waals surface area contributed by atoms with Gasteiger partial charge in [0, 0.05) is 18.4 Å². The first kappa shape index (κ1) is 22.9. The Kier molecular flexibility index (Phi) is 6.00. The van der Waals surface area contributed by atoms with E-state index in [1.54, 1.807) is 0 Å². The number of nitrogens with two attached hydrogens (primary N) is 1. The number of amides is 3. The van der Waals surface area contributed by atoms with Crippen molar-refractivity contribution in [2.24, 2.45) is 5.73 Å². The number of methoxy groups -OCH3 is 1. The average Bonchev–Trinajstić information content (AvgIpc) is 3.09. The number of ether oxygens (including phenoxy) is 2. The minimum Gasteiger partial charge on any atom is -0.477 e. The van der Waals surface area contributed by atoms with Crippen LogP contribution in [0.4, 0.5) is 4.79 Å². The summed E-state index contributed by atoms with van der Waals surface area (Å²) in [5, 5.41) is 21.7. The number of carboxylic acid groups (broad SMARTS) is 2. The first-order valence-electron chi connectivity index (χ1n) is 8.66. The van der Waals surface area contributed by atoms with E-state index >= 15 is 0 Å². The number of primary amides is 1. The van der Waals surface area contributed by atoms with Crippen LogP contribution in [0.3, 0.4) is 0 Å². The highest BCUT2D eigenvalue weighted by Crippen LogP contribution is 2.46. The normalized spacial score (nSPS) is 22.1. The summed E-state index contributed by atoms with van der Waals surface area (Å²) < 4.78 is 14.6. The molecule has 32 heavy (non-hydrogen) atoms. The lowest BCUT2D eigenvalue weighted by Crippen LogP contribution is -2.80. The lowest BCUT2D eigenvalue weighted by molar-refractivity contribution is -0.192. The lowest BCUT2D eigenvalue weighted by atomic mass is 9.98. The third-order valence-corrected chi connectivity index (χ3v) is 6.03. The number of fused-ring (bicyclic) bond motifs is 1. The Balaban J connectivity index is 1.83. The lowest BCUT2D eigenvalue weighted by Gasteiger charge is -2.55. The molecular weight excluding hydrogens is 456 g/mol. The number of aromatic nitrogens is 1. The molecule has 0 saturated carbocycles. The number of thioether (sulfide) groups is 1. The number of rotatable bonds is 8. The highest BCUT2D eigenvalue weighted by molar-refractivity contribution is 8.00. The number of nitrogens with one attached hydrogen (secondary N) is 2. The molecule has 6 N–H and O–H groups in total. The number of carbonyl (C=O) groups excluding carboxylic acids is 3. The quantitative estimate of drug-likeness (QED) is 0.204. The highest BCUT2D eigenvalue weighted by Gasteiger charge is 2.66. The Hall–Kier alpha value is -3.79. The minimum absolute atomic E-state index is 0.0141. The fourth-order valence-corrected chi connectivity index (χ4v) is 4.71. The zero-order valence-electron chi connectivity index (χ0n) is 16.2. The van der Waals surface area contributed by atoms with E-state index in [2.05, 4.69) is 10.1 Å². The van der Waals surface area contributed by atoms with Gasteiger partial charge in [0.25, 0.3) is 17.2 Å². The van der Waals surface area contributed by atoms with Gasteiger partial charge in [0.05, 0.1) is 6.42 Å². The fourth-order valence-electron chi connectivity index (χ4n) is 3.29. The van der Waals surface area contributed by atoms with E-state index in [-0.39, 0.29) is 11.3 Å². The molecule has 3 heterocycles. The monoisotopic (exact) mass is 472 g/mol. The molecule has 0 unspecified atom stereocenters. The second kappa shape index (κ2) is 8.39. The van der Waals surface area contributed by atoms with Crippen LogP contribution in [0.2, 0.25) is 0 Å².